The number of likely N-dealkylation sites (tertiary alicyclic amines) is 1. The van der Waals surface area contributed by atoms with Crippen molar-refractivity contribution in [3.05, 3.63) is 0 Å². The lowest BCUT2D eigenvalue weighted by Gasteiger charge is -2.18. The zero-order chi connectivity index (χ0) is 12.3. The quantitative estimate of drug-likeness (QED) is 0.587. The van der Waals surface area contributed by atoms with Gasteiger partial charge in [0, 0.05) is 27.1 Å². The number of methoxy groups -OCH3 is 1. The van der Waals surface area contributed by atoms with Crippen LogP contribution in [0.4, 0.5) is 0 Å². The predicted octanol–water partition coefficient (Wildman–Crippen LogP) is -0.904. The molecule has 0 bridgehead atoms. The first-order valence-corrected chi connectivity index (χ1v) is 5.01. The molecule has 2 amide bonds. The Morgan fingerprint density at radius 2 is 2.12 bits per heavy atom. The summed E-state index contributed by atoms with van der Waals surface area (Å²) in [7, 11) is 4.54. The molecule has 1 aliphatic rings. The van der Waals surface area contributed by atoms with Gasteiger partial charge < -0.3 is 14.5 Å². The van der Waals surface area contributed by atoms with Gasteiger partial charge in [0.05, 0.1) is 19.6 Å². The summed E-state index contributed by atoms with van der Waals surface area (Å²) in [6.07, 6.45) is 0.132. The first-order valence-electron chi connectivity index (χ1n) is 5.01. The third-order valence-electron chi connectivity index (χ3n) is 2.57. The normalized spacial score (nSPS) is 19.8. The van der Waals surface area contributed by atoms with Crippen molar-refractivity contribution in [2.45, 2.75) is 6.42 Å². The van der Waals surface area contributed by atoms with E-state index in [1.165, 1.54) is 16.9 Å². The van der Waals surface area contributed by atoms with E-state index in [2.05, 4.69) is 4.74 Å². The van der Waals surface area contributed by atoms with E-state index in [0.717, 1.165) is 0 Å². The topological polar surface area (TPSA) is 66.9 Å². The van der Waals surface area contributed by atoms with E-state index in [4.69, 9.17) is 0 Å². The van der Waals surface area contributed by atoms with E-state index in [9.17, 15) is 14.4 Å². The second-order valence-electron chi connectivity index (χ2n) is 3.99. The molecule has 0 radical (unpaired) electrons. The standard InChI is InChI=1S/C10H16N2O4/c1-11(2)9(14)6-12-5-7(4-8(12)13)10(15)16-3/h7H,4-6H2,1-3H3. The fraction of sp³-hybridized carbons (Fsp3) is 0.700. The summed E-state index contributed by atoms with van der Waals surface area (Å²) < 4.78 is 4.57. The lowest BCUT2D eigenvalue weighted by molar-refractivity contribution is -0.145. The SMILES string of the molecule is COC(=O)C1CC(=O)N(CC(=O)N(C)C)C1. The van der Waals surface area contributed by atoms with Crippen molar-refractivity contribution < 1.29 is 19.1 Å². The van der Waals surface area contributed by atoms with Gasteiger partial charge in [-0.1, -0.05) is 0 Å². The molecular weight excluding hydrogens is 212 g/mol. The van der Waals surface area contributed by atoms with Gasteiger partial charge in [-0.25, -0.2) is 0 Å². The van der Waals surface area contributed by atoms with E-state index in [1.54, 1.807) is 14.1 Å². The lowest BCUT2D eigenvalue weighted by Crippen LogP contribution is -2.37. The number of rotatable bonds is 3. The maximum absolute atomic E-state index is 11.5. The van der Waals surface area contributed by atoms with Crippen LogP contribution in [0.25, 0.3) is 0 Å². The average Bonchev–Trinajstić information content (AvgIpc) is 2.59. The van der Waals surface area contributed by atoms with Crippen molar-refractivity contribution in [3.8, 4) is 0 Å². The van der Waals surface area contributed by atoms with E-state index in [0.29, 0.717) is 0 Å². The van der Waals surface area contributed by atoms with Gasteiger partial charge in [0.2, 0.25) is 11.8 Å². The van der Waals surface area contributed by atoms with Gasteiger partial charge in [0.15, 0.2) is 0 Å². The van der Waals surface area contributed by atoms with Crippen LogP contribution in [0.3, 0.4) is 0 Å². The monoisotopic (exact) mass is 228 g/mol. The summed E-state index contributed by atoms with van der Waals surface area (Å²) in [5.74, 6) is -1.16. The summed E-state index contributed by atoms with van der Waals surface area (Å²) in [5, 5.41) is 0. The number of hydrogen-bond donors (Lipinski definition) is 0. The van der Waals surface area contributed by atoms with Crippen LogP contribution in [0.1, 0.15) is 6.42 Å². The molecule has 1 heterocycles. The molecule has 0 aromatic carbocycles. The smallest absolute Gasteiger partial charge is 0.310 e. The third-order valence-corrected chi connectivity index (χ3v) is 2.57. The molecule has 1 unspecified atom stereocenters. The van der Waals surface area contributed by atoms with Gasteiger partial charge in [0.25, 0.3) is 0 Å². The van der Waals surface area contributed by atoms with Crippen molar-refractivity contribution >= 4 is 17.8 Å². The Balaban J connectivity index is 2.55. The molecule has 6 nitrogen and oxygen atoms in total. The Labute approximate surface area is 94.1 Å². The molecule has 16 heavy (non-hydrogen) atoms. The van der Waals surface area contributed by atoms with Gasteiger partial charge in [-0.15, -0.1) is 0 Å². The zero-order valence-corrected chi connectivity index (χ0v) is 9.73. The fourth-order valence-electron chi connectivity index (χ4n) is 1.55. The Kier molecular flexibility index (Phi) is 3.87. The molecular formula is C10H16N2O4. The van der Waals surface area contributed by atoms with Gasteiger partial charge in [-0.3, -0.25) is 14.4 Å². The summed E-state index contributed by atoms with van der Waals surface area (Å²) >= 11 is 0. The molecule has 0 spiro atoms. The molecule has 1 atom stereocenters. The molecule has 1 fully saturated rings. The van der Waals surface area contributed by atoms with Crippen molar-refractivity contribution in [2.24, 2.45) is 5.92 Å². The molecule has 0 N–H and O–H groups in total. The van der Waals surface area contributed by atoms with Crippen molar-refractivity contribution in [1.29, 1.82) is 0 Å². The maximum Gasteiger partial charge on any atom is 0.310 e. The number of amides is 2. The summed E-state index contributed by atoms with van der Waals surface area (Å²) in [4.78, 5) is 37.0. The average molecular weight is 228 g/mol. The van der Waals surface area contributed by atoms with Gasteiger partial charge in [0.1, 0.15) is 0 Å². The molecule has 90 valence electrons. The fourth-order valence-corrected chi connectivity index (χ4v) is 1.55. The third kappa shape index (κ3) is 2.71. The second kappa shape index (κ2) is 4.96. The number of esters is 1. The first kappa shape index (κ1) is 12.5. The number of carbonyl (C=O) groups is 3. The largest absolute Gasteiger partial charge is 0.469 e. The van der Waals surface area contributed by atoms with Crippen LogP contribution in [0.2, 0.25) is 0 Å². The summed E-state index contributed by atoms with van der Waals surface area (Å²) in [6, 6.07) is 0. The van der Waals surface area contributed by atoms with Crippen molar-refractivity contribution in [1.82, 2.24) is 9.80 Å². The number of carbonyl (C=O) groups excluding carboxylic acids is 3. The summed E-state index contributed by atoms with van der Waals surface area (Å²) in [5.41, 5.74) is 0. The molecule has 1 rings (SSSR count). The Bertz CT molecular complexity index is 314. The molecule has 1 saturated heterocycles. The molecule has 0 saturated carbocycles. The van der Waals surface area contributed by atoms with Crippen LogP contribution in [-0.4, -0.2) is 61.9 Å². The minimum absolute atomic E-state index is 0.0271. The number of nitrogens with zero attached hydrogens (tertiary/aromatic N) is 2. The maximum atomic E-state index is 11.5. The highest BCUT2D eigenvalue weighted by Gasteiger charge is 2.35. The molecule has 0 aromatic heterocycles. The van der Waals surface area contributed by atoms with Crippen LogP contribution in [0.15, 0.2) is 0 Å². The van der Waals surface area contributed by atoms with Crippen molar-refractivity contribution in [2.75, 3.05) is 34.3 Å². The van der Waals surface area contributed by atoms with E-state index in [1.807, 2.05) is 0 Å². The summed E-state index contributed by atoms with van der Waals surface area (Å²) in [6.45, 7) is 0.296. The number of hydrogen-bond acceptors (Lipinski definition) is 4. The van der Waals surface area contributed by atoms with Gasteiger partial charge >= 0.3 is 5.97 Å². The van der Waals surface area contributed by atoms with E-state index < -0.39 is 11.9 Å². The van der Waals surface area contributed by atoms with Crippen LogP contribution < -0.4 is 0 Å². The number of likely N-dealkylation sites (N-methyl/N-ethyl adjacent to an activating group) is 1. The second-order valence-corrected chi connectivity index (χ2v) is 3.99. The van der Waals surface area contributed by atoms with Gasteiger partial charge in [-0.2, -0.15) is 0 Å². The minimum atomic E-state index is -0.438. The molecule has 1 aliphatic heterocycles. The highest BCUT2D eigenvalue weighted by Crippen LogP contribution is 2.18. The van der Waals surface area contributed by atoms with Crippen LogP contribution in [-0.2, 0) is 19.1 Å². The Morgan fingerprint density at radius 1 is 1.50 bits per heavy atom. The van der Waals surface area contributed by atoms with E-state index >= 15 is 0 Å². The lowest BCUT2D eigenvalue weighted by atomic mass is 10.1. The highest BCUT2D eigenvalue weighted by molar-refractivity contribution is 5.90. The van der Waals surface area contributed by atoms with Crippen LogP contribution in [0.5, 0.6) is 0 Å². The molecule has 6 heteroatoms. The van der Waals surface area contributed by atoms with E-state index in [-0.39, 0.29) is 31.3 Å². The zero-order valence-electron chi connectivity index (χ0n) is 9.73. The first-order chi connectivity index (χ1) is 7.45. The molecule has 0 aromatic rings. The minimum Gasteiger partial charge on any atom is -0.469 e. The molecule has 0 aliphatic carbocycles. The van der Waals surface area contributed by atoms with Crippen molar-refractivity contribution in [3.63, 3.8) is 0 Å². The Hall–Kier alpha value is -1.59. The Morgan fingerprint density at radius 3 is 2.62 bits per heavy atom. The predicted molar refractivity (Wildman–Crippen MR) is 55.4 cm³/mol. The number of ether oxygens (including phenoxy) is 1. The van der Waals surface area contributed by atoms with Crippen LogP contribution in [0, 0.1) is 5.92 Å². The van der Waals surface area contributed by atoms with Gasteiger partial charge in [-0.05, 0) is 0 Å². The van der Waals surface area contributed by atoms with Crippen LogP contribution >= 0.6 is 0 Å². The highest BCUT2D eigenvalue weighted by atomic mass is 16.5.